The number of carbonyl (C=O) groups is 2. The molecule has 2 aromatic rings. The van der Waals surface area contributed by atoms with E-state index in [1.165, 1.54) is 24.4 Å². The van der Waals surface area contributed by atoms with Gasteiger partial charge in [0.15, 0.2) is 12.0 Å². The third-order valence-electron chi connectivity index (χ3n) is 4.62. The van der Waals surface area contributed by atoms with Crippen molar-refractivity contribution in [3.05, 3.63) is 52.6 Å². The fraction of sp³-hybridized carbons (Fsp3) is 0.250. The molecule has 168 valence electrons. The Kier molecular flexibility index (Phi) is 7.33. The van der Waals surface area contributed by atoms with Crippen molar-refractivity contribution in [1.29, 1.82) is 0 Å². The summed E-state index contributed by atoms with van der Waals surface area (Å²) in [5, 5.41) is 2.16. The van der Waals surface area contributed by atoms with Crippen molar-refractivity contribution in [2.75, 3.05) is 31.6 Å². The lowest BCUT2D eigenvalue weighted by Gasteiger charge is -2.33. The van der Waals surface area contributed by atoms with Gasteiger partial charge in [-0.05, 0) is 18.2 Å². The number of nitrogens with one attached hydrogen (secondary N) is 2. The van der Waals surface area contributed by atoms with E-state index in [4.69, 9.17) is 27.8 Å². The minimum Gasteiger partial charge on any atom is -0.404 e. The molecular weight excluding hydrogens is 441 g/mol. The molecule has 3 amide bonds. The van der Waals surface area contributed by atoms with Crippen LogP contribution in [0.2, 0.25) is 5.02 Å². The monoisotopic (exact) mass is 462 g/mol. The topological polar surface area (TPSA) is 150 Å². The molecule has 0 radical (unpaired) electrons. The van der Waals surface area contributed by atoms with Crippen LogP contribution < -0.4 is 26.7 Å². The Morgan fingerprint density at radius 3 is 2.81 bits per heavy atom. The highest BCUT2D eigenvalue weighted by molar-refractivity contribution is 6.30. The van der Waals surface area contributed by atoms with E-state index in [1.54, 1.807) is 13.3 Å². The van der Waals surface area contributed by atoms with E-state index in [-0.39, 0.29) is 28.2 Å². The summed E-state index contributed by atoms with van der Waals surface area (Å²) in [7, 11) is 1.74. The highest BCUT2D eigenvalue weighted by atomic mass is 35.5. The molecule has 1 atom stereocenters. The molecule has 6 N–H and O–H groups in total. The number of hydrogen-bond acceptors (Lipinski definition) is 7. The number of rotatable bonds is 5. The molecule has 10 nitrogen and oxygen atoms in total. The lowest BCUT2D eigenvalue weighted by atomic mass is 10.1. The van der Waals surface area contributed by atoms with Gasteiger partial charge in [-0.25, -0.2) is 19.2 Å². The lowest BCUT2D eigenvalue weighted by molar-refractivity contribution is -0.413. The van der Waals surface area contributed by atoms with Crippen LogP contribution in [0, 0.1) is 5.82 Å². The molecule has 0 bridgehead atoms. The molecule has 12 heteroatoms. The molecule has 0 aliphatic carbocycles. The minimum absolute atomic E-state index is 0.0419. The molecule has 1 fully saturated rings. The number of nitrogens with two attached hydrogens (primary N) is 2. The zero-order valence-corrected chi connectivity index (χ0v) is 17.9. The van der Waals surface area contributed by atoms with Gasteiger partial charge in [-0.1, -0.05) is 11.6 Å². The fourth-order valence-corrected chi connectivity index (χ4v) is 3.31. The van der Waals surface area contributed by atoms with Crippen LogP contribution in [-0.4, -0.2) is 61.0 Å². The number of morpholine rings is 1. The number of ether oxygens (including phenoxy) is 1. The first-order valence-electron chi connectivity index (χ1n) is 9.56. The Bertz CT molecular complexity index is 1090. The predicted octanol–water partition coefficient (Wildman–Crippen LogP) is -0.426. The van der Waals surface area contributed by atoms with Crippen molar-refractivity contribution >= 4 is 35.6 Å². The Morgan fingerprint density at radius 2 is 2.16 bits per heavy atom. The van der Waals surface area contributed by atoms with Gasteiger partial charge in [0, 0.05) is 23.8 Å². The molecule has 1 aliphatic heterocycles. The summed E-state index contributed by atoms with van der Waals surface area (Å²) in [6.07, 6.45) is 2.79. The van der Waals surface area contributed by atoms with Gasteiger partial charge in [0.2, 0.25) is 0 Å². The van der Waals surface area contributed by atoms with Gasteiger partial charge in [0.1, 0.15) is 30.5 Å². The quantitative estimate of drug-likeness (QED) is 0.440. The lowest BCUT2D eigenvalue weighted by Crippen LogP contribution is -2.64. The van der Waals surface area contributed by atoms with Crippen LogP contribution in [0.3, 0.4) is 0 Å². The molecule has 1 aromatic carbocycles. The largest absolute Gasteiger partial charge is 0.404 e. The zero-order chi connectivity index (χ0) is 23.3. The number of halogens is 2. The molecule has 3 rings (SSSR count). The van der Waals surface area contributed by atoms with E-state index >= 15 is 0 Å². The molecule has 1 unspecified atom stereocenters. The Balaban J connectivity index is 2.04. The van der Waals surface area contributed by atoms with Crippen LogP contribution in [0.15, 0.2) is 36.0 Å². The fourth-order valence-electron chi connectivity index (χ4n) is 3.15. The van der Waals surface area contributed by atoms with Gasteiger partial charge >= 0.3 is 6.03 Å². The van der Waals surface area contributed by atoms with Gasteiger partial charge < -0.3 is 21.1 Å². The smallest absolute Gasteiger partial charge is 0.319 e. The number of imide groups is 1. The van der Waals surface area contributed by atoms with Crippen molar-refractivity contribution in [3.63, 3.8) is 0 Å². The number of primary amides is 1. The van der Waals surface area contributed by atoms with E-state index in [2.05, 4.69) is 15.0 Å². The van der Waals surface area contributed by atoms with Crippen LogP contribution in [0.25, 0.3) is 11.4 Å². The minimum atomic E-state index is -1.04. The maximum absolute atomic E-state index is 14.5. The van der Waals surface area contributed by atoms with E-state index in [1.807, 2.05) is 10.2 Å². The molecule has 2 heterocycles. The maximum Gasteiger partial charge on any atom is 0.319 e. The van der Waals surface area contributed by atoms with Crippen molar-refractivity contribution in [1.82, 2.24) is 15.3 Å². The average Bonchev–Trinajstić information content (AvgIpc) is 2.76. The Labute approximate surface area is 188 Å². The standard InChI is InChI=1S/C20H21ClFN7O3/c1-25-9-11(8-23)16-10-29(4-5-32-16)17-7-15(19(30)28-20(24)31)26-18(27-17)13-3-2-12(21)6-14(13)22/h2-3,6-9,16H,4-5,10,23H2,1H3,(H3,24,28,30,31)/p+1/b11-8+,25-9?. The molecule has 32 heavy (non-hydrogen) atoms. The van der Waals surface area contributed by atoms with E-state index in [0.29, 0.717) is 25.5 Å². The Hall–Kier alpha value is -3.57. The van der Waals surface area contributed by atoms with E-state index < -0.39 is 17.8 Å². The molecule has 1 aromatic heterocycles. The van der Waals surface area contributed by atoms with Crippen molar-refractivity contribution in [2.24, 2.45) is 11.5 Å². The predicted molar refractivity (Wildman–Crippen MR) is 117 cm³/mol. The number of amides is 3. The van der Waals surface area contributed by atoms with Crippen LogP contribution >= 0.6 is 11.6 Å². The summed E-state index contributed by atoms with van der Waals surface area (Å²) < 4.78 is 20.3. The normalized spacial score (nSPS) is 16.9. The number of aromatic nitrogens is 2. The first-order chi connectivity index (χ1) is 15.3. The number of carbonyl (C=O) groups excluding carboxylic acids is 2. The second kappa shape index (κ2) is 10.2. The summed E-state index contributed by atoms with van der Waals surface area (Å²) in [5.41, 5.74) is 11.4. The second-order valence-corrected chi connectivity index (χ2v) is 7.22. The summed E-state index contributed by atoms with van der Waals surface area (Å²) in [6.45, 7) is 1.17. The van der Waals surface area contributed by atoms with Gasteiger partial charge in [-0.3, -0.25) is 15.1 Å². The second-order valence-electron chi connectivity index (χ2n) is 6.78. The van der Waals surface area contributed by atoms with Crippen molar-refractivity contribution < 1.29 is 23.7 Å². The third kappa shape index (κ3) is 5.37. The first-order valence-corrected chi connectivity index (χ1v) is 9.94. The van der Waals surface area contributed by atoms with Gasteiger partial charge in [0.25, 0.3) is 5.91 Å². The van der Waals surface area contributed by atoms with Gasteiger partial charge in [0.05, 0.1) is 24.3 Å². The molecule has 0 spiro atoms. The third-order valence-corrected chi connectivity index (χ3v) is 4.85. The van der Waals surface area contributed by atoms with Crippen LogP contribution in [0.4, 0.5) is 15.0 Å². The number of urea groups is 1. The summed E-state index contributed by atoms with van der Waals surface area (Å²) in [6, 6.07) is 4.36. The van der Waals surface area contributed by atoms with E-state index in [0.717, 1.165) is 11.6 Å². The summed E-state index contributed by atoms with van der Waals surface area (Å²) >= 11 is 5.84. The first kappa shape index (κ1) is 23.1. The number of anilines is 1. The van der Waals surface area contributed by atoms with Gasteiger partial charge in [-0.15, -0.1) is 0 Å². The molecule has 1 saturated heterocycles. The maximum atomic E-state index is 14.5. The van der Waals surface area contributed by atoms with Crippen molar-refractivity contribution in [2.45, 2.75) is 6.10 Å². The number of hydrogen-bond donors (Lipinski definition) is 4. The van der Waals surface area contributed by atoms with E-state index in [9.17, 15) is 14.0 Å². The van der Waals surface area contributed by atoms with Crippen molar-refractivity contribution in [3.8, 4) is 11.4 Å². The number of nitrogens with zero attached hydrogens (tertiary/aromatic N) is 3. The van der Waals surface area contributed by atoms with Crippen LogP contribution in [0.5, 0.6) is 0 Å². The molecular formula is C20H22ClFN7O3+. The average molecular weight is 463 g/mol. The molecule has 1 aliphatic rings. The number of benzene rings is 1. The van der Waals surface area contributed by atoms with Gasteiger partial charge in [-0.2, -0.15) is 0 Å². The summed E-state index contributed by atoms with van der Waals surface area (Å²) in [5.74, 6) is -1.21. The van der Waals surface area contributed by atoms with Crippen LogP contribution in [-0.2, 0) is 4.74 Å². The molecule has 0 saturated carbocycles. The Morgan fingerprint density at radius 1 is 1.38 bits per heavy atom. The highest BCUT2D eigenvalue weighted by Crippen LogP contribution is 2.26. The summed E-state index contributed by atoms with van der Waals surface area (Å²) in [4.78, 5) is 36.9. The highest BCUT2D eigenvalue weighted by Gasteiger charge is 2.27. The van der Waals surface area contributed by atoms with Crippen LogP contribution in [0.1, 0.15) is 10.5 Å². The SMILES string of the molecule is C[NH+]=C/C(=C\N)C1CN(c2cc(C(=O)NC(N)=O)nc(-c3ccc(Cl)cc3F)n2)CCO1. The zero-order valence-electron chi connectivity index (χ0n) is 17.1.